The monoisotopic (exact) mass is 373 g/mol. The number of nitrogens with zero attached hydrogens (tertiary/aromatic N) is 6. The van der Waals surface area contributed by atoms with Gasteiger partial charge in [-0.25, -0.2) is 15.0 Å². The van der Waals surface area contributed by atoms with Gasteiger partial charge >= 0.3 is 0 Å². The van der Waals surface area contributed by atoms with Crippen molar-refractivity contribution in [3.8, 4) is 0 Å². The maximum Gasteiger partial charge on any atom is 0.225 e. The van der Waals surface area contributed by atoms with Gasteiger partial charge < -0.3 is 15.1 Å². The van der Waals surface area contributed by atoms with Crippen LogP contribution in [0.25, 0.3) is 0 Å². The van der Waals surface area contributed by atoms with E-state index in [1.807, 2.05) is 13.1 Å². The predicted octanol–water partition coefficient (Wildman–Crippen LogP) is 1.74. The van der Waals surface area contributed by atoms with Crippen LogP contribution in [0, 0.1) is 6.92 Å². The number of thiazole rings is 1. The minimum Gasteiger partial charge on any atom is -0.356 e. The van der Waals surface area contributed by atoms with Crippen LogP contribution in [0.15, 0.2) is 23.5 Å². The van der Waals surface area contributed by atoms with E-state index in [0.717, 1.165) is 57.5 Å². The molecule has 0 saturated carbocycles. The minimum atomic E-state index is 0.806. The summed E-state index contributed by atoms with van der Waals surface area (Å²) in [5, 5.41) is 4.68. The Labute approximate surface area is 159 Å². The fraction of sp³-hybridized carbons (Fsp3) is 0.556. The van der Waals surface area contributed by atoms with E-state index >= 15 is 0 Å². The highest BCUT2D eigenvalue weighted by molar-refractivity contribution is 7.11. The van der Waals surface area contributed by atoms with Crippen molar-refractivity contribution >= 4 is 23.2 Å². The number of nitrogens with one attached hydrogen (secondary N) is 1. The Morgan fingerprint density at radius 2 is 1.96 bits per heavy atom. The van der Waals surface area contributed by atoms with Crippen molar-refractivity contribution in [2.75, 3.05) is 44.7 Å². The van der Waals surface area contributed by atoms with Crippen LogP contribution in [0.4, 0.5) is 5.95 Å². The average Bonchev–Trinajstić information content (AvgIpc) is 3.06. The second-order valence-electron chi connectivity index (χ2n) is 6.21. The number of piperazine rings is 1. The summed E-state index contributed by atoms with van der Waals surface area (Å²) in [7, 11) is 1.84. The molecule has 1 aliphatic rings. The lowest BCUT2D eigenvalue weighted by Crippen LogP contribution is -2.53. The van der Waals surface area contributed by atoms with Crippen molar-refractivity contribution in [1.82, 2.24) is 25.2 Å². The molecule has 26 heavy (non-hydrogen) atoms. The van der Waals surface area contributed by atoms with Crippen LogP contribution in [0.1, 0.15) is 22.5 Å². The molecule has 0 bridgehead atoms. The van der Waals surface area contributed by atoms with E-state index in [0.29, 0.717) is 0 Å². The second-order valence-corrected chi connectivity index (χ2v) is 7.50. The molecule has 7 nitrogen and oxygen atoms in total. The Balaban J connectivity index is 1.47. The van der Waals surface area contributed by atoms with Crippen LogP contribution in [0.5, 0.6) is 0 Å². The number of aliphatic imine (C=N–C) groups is 1. The van der Waals surface area contributed by atoms with E-state index in [-0.39, 0.29) is 0 Å². The third kappa shape index (κ3) is 4.49. The first kappa shape index (κ1) is 18.6. The van der Waals surface area contributed by atoms with Gasteiger partial charge in [-0.2, -0.15) is 0 Å². The van der Waals surface area contributed by atoms with Crippen LogP contribution < -0.4 is 10.2 Å². The molecular formula is C18H27N7S. The molecule has 2 aromatic heterocycles. The molecule has 1 saturated heterocycles. The molecule has 3 rings (SSSR count). The highest BCUT2D eigenvalue weighted by Gasteiger charge is 2.21. The SMILES string of the molecule is CCc1nc(CCNC(=NC)N2CCN(c3ncccn3)CC2)sc1C. The van der Waals surface area contributed by atoms with Crippen LogP contribution >= 0.6 is 11.3 Å². The standard InChI is InChI=1S/C18H27N7S/c1-4-15-14(2)26-16(23-15)6-9-22-17(19-3)24-10-12-25(13-11-24)18-20-7-5-8-21-18/h5,7-8H,4,6,9-13H2,1-3H3,(H,19,22). The number of hydrogen-bond acceptors (Lipinski definition) is 6. The van der Waals surface area contributed by atoms with Gasteiger partial charge in [0, 0.05) is 63.5 Å². The topological polar surface area (TPSA) is 69.5 Å². The smallest absolute Gasteiger partial charge is 0.225 e. The fourth-order valence-electron chi connectivity index (χ4n) is 3.11. The molecule has 0 aliphatic carbocycles. The van der Waals surface area contributed by atoms with E-state index in [1.54, 1.807) is 23.7 Å². The zero-order valence-electron chi connectivity index (χ0n) is 15.8. The number of anilines is 1. The molecule has 0 aromatic carbocycles. The lowest BCUT2D eigenvalue weighted by Gasteiger charge is -2.36. The third-order valence-corrected chi connectivity index (χ3v) is 5.59. The molecular weight excluding hydrogens is 346 g/mol. The van der Waals surface area contributed by atoms with Crippen molar-refractivity contribution in [2.45, 2.75) is 26.7 Å². The summed E-state index contributed by atoms with van der Waals surface area (Å²) in [6, 6.07) is 1.85. The summed E-state index contributed by atoms with van der Waals surface area (Å²) >= 11 is 1.81. The highest BCUT2D eigenvalue weighted by Crippen LogP contribution is 2.18. The van der Waals surface area contributed by atoms with Gasteiger partial charge in [0.05, 0.1) is 10.7 Å². The maximum atomic E-state index is 4.71. The maximum absolute atomic E-state index is 4.71. The van der Waals surface area contributed by atoms with Crippen molar-refractivity contribution in [2.24, 2.45) is 4.99 Å². The van der Waals surface area contributed by atoms with E-state index in [1.165, 1.54) is 15.6 Å². The molecule has 140 valence electrons. The van der Waals surface area contributed by atoms with Gasteiger partial charge in [0.1, 0.15) is 0 Å². The van der Waals surface area contributed by atoms with Crippen molar-refractivity contribution < 1.29 is 0 Å². The molecule has 0 spiro atoms. The Hall–Kier alpha value is -2.22. The van der Waals surface area contributed by atoms with E-state index in [2.05, 4.69) is 43.9 Å². The van der Waals surface area contributed by atoms with Crippen LogP contribution in [-0.4, -0.2) is 65.6 Å². The molecule has 3 heterocycles. The quantitative estimate of drug-likeness (QED) is 0.636. The van der Waals surface area contributed by atoms with E-state index in [4.69, 9.17) is 4.98 Å². The fourth-order valence-corrected chi connectivity index (χ4v) is 4.13. The Bertz CT molecular complexity index is 720. The summed E-state index contributed by atoms with van der Waals surface area (Å²) in [5.74, 6) is 1.77. The summed E-state index contributed by atoms with van der Waals surface area (Å²) in [4.78, 5) is 23.7. The van der Waals surface area contributed by atoms with Gasteiger partial charge in [0.15, 0.2) is 5.96 Å². The summed E-state index contributed by atoms with van der Waals surface area (Å²) in [6.07, 6.45) is 5.52. The summed E-state index contributed by atoms with van der Waals surface area (Å²) < 4.78 is 0. The molecule has 2 aromatic rings. The number of hydrogen-bond donors (Lipinski definition) is 1. The van der Waals surface area contributed by atoms with Crippen LogP contribution in [-0.2, 0) is 12.8 Å². The molecule has 0 unspecified atom stereocenters. The second kappa shape index (κ2) is 8.93. The molecule has 0 atom stereocenters. The number of aryl methyl sites for hydroxylation is 2. The first-order valence-corrected chi connectivity index (χ1v) is 9.95. The Kier molecular flexibility index (Phi) is 6.38. The average molecular weight is 374 g/mol. The molecule has 0 amide bonds. The predicted molar refractivity (Wildman–Crippen MR) is 107 cm³/mol. The number of rotatable bonds is 5. The normalized spacial score (nSPS) is 15.4. The van der Waals surface area contributed by atoms with Crippen LogP contribution in [0.3, 0.4) is 0 Å². The zero-order chi connectivity index (χ0) is 18.4. The number of guanidine groups is 1. The first-order valence-electron chi connectivity index (χ1n) is 9.14. The van der Waals surface area contributed by atoms with Gasteiger partial charge in [-0.05, 0) is 19.4 Å². The number of aromatic nitrogens is 3. The van der Waals surface area contributed by atoms with Crippen molar-refractivity contribution in [1.29, 1.82) is 0 Å². The van der Waals surface area contributed by atoms with Crippen molar-refractivity contribution in [3.63, 3.8) is 0 Å². The lowest BCUT2D eigenvalue weighted by atomic mass is 10.3. The largest absolute Gasteiger partial charge is 0.356 e. The van der Waals surface area contributed by atoms with Gasteiger partial charge in [-0.3, -0.25) is 4.99 Å². The lowest BCUT2D eigenvalue weighted by molar-refractivity contribution is 0.370. The Morgan fingerprint density at radius 3 is 2.58 bits per heavy atom. The summed E-state index contributed by atoms with van der Waals surface area (Å²) in [6.45, 7) is 8.79. The molecule has 8 heteroatoms. The third-order valence-electron chi connectivity index (χ3n) is 4.52. The van der Waals surface area contributed by atoms with Crippen LogP contribution in [0.2, 0.25) is 0 Å². The molecule has 1 fully saturated rings. The van der Waals surface area contributed by atoms with Gasteiger partial charge in [0.25, 0.3) is 0 Å². The van der Waals surface area contributed by atoms with Gasteiger partial charge in [0.2, 0.25) is 5.95 Å². The molecule has 1 aliphatic heterocycles. The highest BCUT2D eigenvalue weighted by atomic mass is 32.1. The van der Waals surface area contributed by atoms with Crippen molar-refractivity contribution in [3.05, 3.63) is 34.0 Å². The molecule has 1 N–H and O–H groups in total. The zero-order valence-corrected chi connectivity index (χ0v) is 16.6. The van der Waals surface area contributed by atoms with E-state index in [9.17, 15) is 0 Å². The minimum absolute atomic E-state index is 0.806. The molecule has 0 radical (unpaired) electrons. The van der Waals surface area contributed by atoms with Gasteiger partial charge in [-0.15, -0.1) is 11.3 Å². The summed E-state index contributed by atoms with van der Waals surface area (Å²) in [5.41, 5.74) is 1.23. The first-order chi connectivity index (χ1) is 12.7. The van der Waals surface area contributed by atoms with Gasteiger partial charge in [-0.1, -0.05) is 6.92 Å². The van der Waals surface area contributed by atoms with E-state index < -0.39 is 0 Å². The Morgan fingerprint density at radius 1 is 1.23 bits per heavy atom.